The maximum absolute atomic E-state index is 12.5. The second-order valence-corrected chi connectivity index (χ2v) is 6.49. The van der Waals surface area contributed by atoms with Crippen LogP contribution in [0, 0.1) is 0 Å². The Kier molecular flexibility index (Phi) is 3.98. The number of hydrogen-bond acceptors (Lipinski definition) is 3. The highest BCUT2D eigenvalue weighted by molar-refractivity contribution is 7.10. The fourth-order valence-electron chi connectivity index (χ4n) is 2.80. The number of hydrogen-bond donors (Lipinski definition) is 1. The largest absolute Gasteiger partial charge is 0.322 e. The van der Waals surface area contributed by atoms with Crippen molar-refractivity contribution in [3.05, 3.63) is 51.7 Å². The van der Waals surface area contributed by atoms with Crippen molar-refractivity contribution in [1.82, 2.24) is 4.90 Å². The summed E-state index contributed by atoms with van der Waals surface area (Å²) in [5, 5.41) is 4.98. The van der Waals surface area contributed by atoms with Gasteiger partial charge in [-0.25, -0.2) is 4.79 Å². The predicted molar refractivity (Wildman–Crippen MR) is 88.6 cm³/mol. The molecule has 114 valence electrons. The molecule has 0 fully saturated rings. The van der Waals surface area contributed by atoms with Crippen molar-refractivity contribution >= 4 is 28.8 Å². The lowest BCUT2D eigenvalue weighted by atomic mass is 10.0. The van der Waals surface area contributed by atoms with Crippen molar-refractivity contribution < 1.29 is 9.59 Å². The number of thiophene rings is 1. The van der Waals surface area contributed by atoms with Crippen LogP contribution in [0.1, 0.15) is 40.7 Å². The third-order valence-electron chi connectivity index (χ3n) is 4.06. The molecule has 3 rings (SSSR count). The molecule has 1 atom stereocenters. The molecule has 1 aromatic carbocycles. The van der Waals surface area contributed by atoms with E-state index in [4.69, 9.17) is 0 Å². The molecule has 5 heteroatoms. The standard InChI is InChI=1S/C17H18N2O2S/c1-11-15-7-9-22-16(15)6-8-19(11)17(21)18-14-5-3-4-13(10-14)12(2)20/h3-5,7,9-11H,6,8H2,1-2H3,(H,18,21)/t11-/m1/s1. The molecule has 1 aliphatic rings. The summed E-state index contributed by atoms with van der Waals surface area (Å²) in [7, 11) is 0. The summed E-state index contributed by atoms with van der Waals surface area (Å²) >= 11 is 1.76. The molecule has 2 amide bonds. The molecule has 0 radical (unpaired) electrons. The van der Waals surface area contributed by atoms with Crippen molar-refractivity contribution in [3.8, 4) is 0 Å². The van der Waals surface area contributed by atoms with Crippen LogP contribution >= 0.6 is 11.3 Å². The number of carbonyl (C=O) groups is 2. The van der Waals surface area contributed by atoms with Gasteiger partial charge in [-0.2, -0.15) is 0 Å². The lowest BCUT2D eigenvalue weighted by molar-refractivity contribution is 0.101. The first-order valence-electron chi connectivity index (χ1n) is 7.31. The molecule has 0 spiro atoms. The van der Waals surface area contributed by atoms with Gasteiger partial charge in [0.1, 0.15) is 0 Å². The van der Waals surface area contributed by atoms with Crippen LogP contribution in [0.2, 0.25) is 0 Å². The number of Topliss-reactive ketones (excluding diaryl/α,β-unsaturated/α-hetero) is 1. The average molecular weight is 314 g/mol. The molecule has 0 unspecified atom stereocenters. The SMILES string of the molecule is CC(=O)c1cccc(NC(=O)N2CCc3sccc3[C@H]2C)c1. The molecule has 4 nitrogen and oxygen atoms in total. The Morgan fingerprint density at radius 2 is 2.14 bits per heavy atom. The van der Waals surface area contributed by atoms with Crippen LogP contribution in [0.4, 0.5) is 10.5 Å². The summed E-state index contributed by atoms with van der Waals surface area (Å²) in [4.78, 5) is 27.2. The van der Waals surface area contributed by atoms with Crippen molar-refractivity contribution in [2.45, 2.75) is 26.3 Å². The second-order valence-electron chi connectivity index (χ2n) is 5.49. The topological polar surface area (TPSA) is 49.4 Å². The minimum absolute atomic E-state index is 0.00893. The Morgan fingerprint density at radius 1 is 1.32 bits per heavy atom. The van der Waals surface area contributed by atoms with E-state index in [0.29, 0.717) is 17.8 Å². The zero-order chi connectivity index (χ0) is 15.7. The van der Waals surface area contributed by atoms with Crippen LogP contribution in [0.3, 0.4) is 0 Å². The van der Waals surface area contributed by atoms with E-state index in [9.17, 15) is 9.59 Å². The minimum Gasteiger partial charge on any atom is -0.317 e. The highest BCUT2D eigenvalue weighted by atomic mass is 32.1. The molecular weight excluding hydrogens is 296 g/mol. The summed E-state index contributed by atoms with van der Waals surface area (Å²) in [6.07, 6.45) is 0.901. The zero-order valence-electron chi connectivity index (χ0n) is 12.6. The van der Waals surface area contributed by atoms with Gasteiger partial charge in [0.15, 0.2) is 5.78 Å². The molecule has 2 heterocycles. The molecule has 1 aromatic heterocycles. The second kappa shape index (κ2) is 5.93. The van der Waals surface area contributed by atoms with E-state index in [2.05, 4.69) is 23.7 Å². The Hall–Kier alpha value is -2.14. The number of ketones is 1. The van der Waals surface area contributed by atoms with Crippen LogP contribution in [0.25, 0.3) is 0 Å². The fourth-order valence-corrected chi connectivity index (χ4v) is 3.76. The Morgan fingerprint density at radius 3 is 2.91 bits per heavy atom. The Labute approximate surface area is 133 Å². The molecule has 0 saturated carbocycles. The van der Waals surface area contributed by atoms with Gasteiger partial charge in [0.2, 0.25) is 0 Å². The smallest absolute Gasteiger partial charge is 0.317 e. The summed E-state index contributed by atoms with van der Waals surface area (Å²) in [6.45, 7) is 4.29. The van der Waals surface area contributed by atoms with Gasteiger partial charge in [0.05, 0.1) is 6.04 Å². The molecule has 22 heavy (non-hydrogen) atoms. The van der Waals surface area contributed by atoms with Crippen molar-refractivity contribution in [1.29, 1.82) is 0 Å². The number of nitrogens with one attached hydrogen (secondary N) is 1. The average Bonchev–Trinajstić information content (AvgIpc) is 2.97. The van der Waals surface area contributed by atoms with Gasteiger partial charge in [-0.3, -0.25) is 4.79 Å². The first-order valence-corrected chi connectivity index (χ1v) is 8.19. The number of amides is 2. The van der Waals surface area contributed by atoms with Crippen molar-refractivity contribution in [3.63, 3.8) is 0 Å². The lowest BCUT2D eigenvalue weighted by Crippen LogP contribution is -2.40. The van der Waals surface area contributed by atoms with E-state index in [1.807, 2.05) is 4.90 Å². The number of carbonyl (C=O) groups excluding carboxylic acids is 2. The summed E-state index contributed by atoms with van der Waals surface area (Å²) in [5.74, 6) is -0.00893. The summed E-state index contributed by atoms with van der Waals surface area (Å²) < 4.78 is 0. The monoisotopic (exact) mass is 314 g/mol. The Bertz CT molecular complexity index is 723. The van der Waals surface area contributed by atoms with E-state index in [1.54, 1.807) is 35.6 Å². The quantitative estimate of drug-likeness (QED) is 0.848. The number of urea groups is 1. The van der Waals surface area contributed by atoms with Crippen LogP contribution < -0.4 is 5.32 Å². The lowest BCUT2D eigenvalue weighted by Gasteiger charge is -2.33. The maximum atomic E-state index is 12.5. The van der Waals surface area contributed by atoms with Gasteiger partial charge in [0, 0.05) is 22.7 Å². The molecule has 1 N–H and O–H groups in total. The van der Waals surface area contributed by atoms with Gasteiger partial charge in [-0.15, -0.1) is 11.3 Å². The minimum atomic E-state index is -0.120. The zero-order valence-corrected chi connectivity index (χ0v) is 13.4. The first-order chi connectivity index (χ1) is 10.6. The van der Waals surface area contributed by atoms with E-state index in [-0.39, 0.29) is 17.9 Å². The molecule has 0 saturated heterocycles. The van der Waals surface area contributed by atoms with E-state index in [0.717, 1.165) is 6.42 Å². The van der Waals surface area contributed by atoms with Crippen LogP contribution in [-0.4, -0.2) is 23.3 Å². The highest BCUT2D eigenvalue weighted by Gasteiger charge is 2.28. The number of nitrogens with zero attached hydrogens (tertiary/aromatic N) is 1. The Balaban J connectivity index is 1.75. The number of fused-ring (bicyclic) bond motifs is 1. The number of anilines is 1. The molecule has 2 aromatic rings. The molecular formula is C17H18N2O2S. The summed E-state index contributed by atoms with van der Waals surface area (Å²) in [6, 6.07) is 9.10. The highest BCUT2D eigenvalue weighted by Crippen LogP contribution is 2.33. The van der Waals surface area contributed by atoms with E-state index in [1.165, 1.54) is 17.4 Å². The molecule has 1 aliphatic heterocycles. The molecule has 0 aliphatic carbocycles. The molecule has 0 bridgehead atoms. The summed E-state index contributed by atoms with van der Waals surface area (Å²) in [5.41, 5.74) is 2.49. The van der Waals surface area contributed by atoms with Crippen LogP contribution in [-0.2, 0) is 6.42 Å². The number of rotatable bonds is 2. The van der Waals surface area contributed by atoms with Crippen LogP contribution in [0.5, 0.6) is 0 Å². The number of benzene rings is 1. The van der Waals surface area contributed by atoms with Crippen molar-refractivity contribution in [2.24, 2.45) is 0 Å². The van der Waals surface area contributed by atoms with Crippen LogP contribution in [0.15, 0.2) is 35.7 Å². The first kappa shape index (κ1) is 14.8. The third kappa shape index (κ3) is 2.76. The van der Waals surface area contributed by atoms with Gasteiger partial charge in [-0.1, -0.05) is 12.1 Å². The third-order valence-corrected chi connectivity index (χ3v) is 5.05. The van der Waals surface area contributed by atoms with Gasteiger partial charge < -0.3 is 10.2 Å². The van der Waals surface area contributed by atoms with E-state index < -0.39 is 0 Å². The predicted octanol–water partition coefficient (Wildman–Crippen LogP) is 4.10. The van der Waals surface area contributed by atoms with Gasteiger partial charge >= 0.3 is 6.03 Å². The van der Waals surface area contributed by atoms with Crippen molar-refractivity contribution in [2.75, 3.05) is 11.9 Å². The normalized spacial score (nSPS) is 17.0. The van der Waals surface area contributed by atoms with Gasteiger partial charge in [0.25, 0.3) is 0 Å². The van der Waals surface area contributed by atoms with E-state index >= 15 is 0 Å². The fraction of sp³-hybridized carbons (Fsp3) is 0.294. The maximum Gasteiger partial charge on any atom is 0.322 e. The van der Waals surface area contributed by atoms with Gasteiger partial charge in [-0.05, 0) is 49.4 Å².